The summed E-state index contributed by atoms with van der Waals surface area (Å²) in [5.41, 5.74) is 0.728. The maximum absolute atomic E-state index is 12.2. The van der Waals surface area contributed by atoms with Crippen molar-refractivity contribution < 1.29 is 17.3 Å². The number of rotatable bonds is 4. The summed E-state index contributed by atoms with van der Waals surface area (Å²) in [6, 6.07) is 11.2. The smallest absolute Gasteiger partial charge is 0.339 e. The molecule has 4 nitrogen and oxygen atoms in total. The highest BCUT2D eigenvalue weighted by molar-refractivity contribution is 9.10. The molecule has 0 aliphatic carbocycles. The van der Waals surface area contributed by atoms with E-state index in [2.05, 4.69) is 15.9 Å². The summed E-state index contributed by atoms with van der Waals surface area (Å²) in [6.07, 6.45) is 0. The van der Waals surface area contributed by atoms with E-state index in [1.807, 2.05) is 0 Å². The Labute approximate surface area is 126 Å². The van der Waals surface area contributed by atoms with Crippen molar-refractivity contribution in [2.75, 3.05) is 7.11 Å². The van der Waals surface area contributed by atoms with Crippen molar-refractivity contribution in [3.63, 3.8) is 0 Å². The second-order valence-corrected chi connectivity index (χ2v) is 6.59. The molecular formula is C14H13BrO4S. The zero-order valence-electron chi connectivity index (χ0n) is 11.0. The van der Waals surface area contributed by atoms with Gasteiger partial charge in [-0.2, -0.15) is 8.42 Å². The fourth-order valence-electron chi connectivity index (χ4n) is 1.70. The van der Waals surface area contributed by atoms with Gasteiger partial charge in [0.15, 0.2) is 0 Å². The van der Waals surface area contributed by atoms with Gasteiger partial charge in [-0.1, -0.05) is 22.0 Å². The third-order valence-electron chi connectivity index (χ3n) is 2.66. The highest BCUT2D eigenvalue weighted by atomic mass is 79.9. The second-order valence-electron chi connectivity index (χ2n) is 4.13. The Kier molecular flexibility index (Phi) is 4.35. The molecular weight excluding hydrogens is 344 g/mol. The summed E-state index contributed by atoms with van der Waals surface area (Å²) in [7, 11) is -2.32. The first kappa shape index (κ1) is 14.9. The highest BCUT2D eigenvalue weighted by Gasteiger charge is 2.18. The minimum atomic E-state index is -3.85. The molecule has 0 bridgehead atoms. The topological polar surface area (TPSA) is 52.6 Å². The maximum atomic E-state index is 12.2. The van der Waals surface area contributed by atoms with Crippen LogP contribution in [-0.2, 0) is 10.1 Å². The fourth-order valence-corrected chi connectivity index (χ4v) is 3.09. The van der Waals surface area contributed by atoms with E-state index in [0.717, 1.165) is 10.0 Å². The molecule has 2 rings (SSSR count). The average Bonchev–Trinajstić information content (AvgIpc) is 2.38. The molecule has 0 aliphatic heterocycles. The van der Waals surface area contributed by atoms with Crippen LogP contribution in [0.2, 0.25) is 0 Å². The molecule has 0 radical (unpaired) electrons. The molecule has 0 saturated heterocycles. The lowest BCUT2D eigenvalue weighted by Gasteiger charge is -2.09. The molecule has 0 fully saturated rings. The highest BCUT2D eigenvalue weighted by Crippen LogP contribution is 2.25. The van der Waals surface area contributed by atoms with E-state index in [4.69, 9.17) is 8.92 Å². The van der Waals surface area contributed by atoms with Gasteiger partial charge >= 0.3 is 10.1 Å². The molecule has 2 aromatic rings. The van der Waals surface area contributed by atoms with E-state index in [1.54, 1.807) is 37.3 Å². The molecule has 2 aromatic carbocycles. The van der Waals surface area contributed by atoms with Crippen LogP contribution in [0.5, 0.6) is 11.5 Å². The minimum absolute atomic E-state index is 0.0933. The van der Waals surface area contributed by atoms with Crippen molar-refractivity contribution in [2.45, 2.75) is 11.8 Å². The standard InChI is InChI=1S/C14H13BrO4S/c1-10-8-13(6-7-14(10)18-2)20(16,17)19-12-5-3-4-11(15)9-12/h3-9H,1-2H3. The van der Waals surface area contributed by atoms with Crippen LogP contribution in [0, 0.1) is 6.92 Å². The van der Waals surface area contributed by atoms with Crippen molar-refractivity contribution in [1.29, 1.82) is 0 Å². The lowest BCUT2D eigenvalue weighted by Crippen LogP contribution is -2.10. The third kappa shape index (κ3) is 3.32. The van der Waals surface area contributed by atoms with Crippen LogP contribution in [-0.4, -0.2) is 15.5 Å². The zero-order valence-corrected chi connectivity index (χ0v) is 13.4. The van der Waals surface area contributed by atoms with Crippen molar-refractivity contribution in [1.82, 2.24) is 0 Å². The molecule has 106 valence electrons. The van der Waals surface area contributed by atoms with Gasteiger partial charge in [-0.05, 0) is 48.9 Å². The molecule has 0 aromatic heterocycles. The average molecular weight is 357 g/mol. The van der Waals surface area contributed by atoms with Crippen LogP contribution in [0.25, 0.3) is 0 Å². The van der Waals surface area contributed by atoms with Crippen LogP contribution in [0.1, 0.15) is 5.56 Å². The van der Waals surface area contributed by atoms with Gasteiger partial charge in [0.1, 0.15) is 16.4 Å². The first-order valence-corrected chi connectivity index (χ1v) is 7.97. The second kappa shape index (κ2) is 5.85. The molecule has 0 atom stereocenters. The Morgan fingerprint density at radius 2 is 1.85 bits per heavy atom. The van der Waals surface area contributed by atoms with Crippen molar-refractivity contribution in [3.05, 3.63) is 52.5 Å². The Morgan fingerprint density at radius 1 is 1.10 bits per heavy atom. The van der Waals surface area contributed by atoms with E-state index >= 15 is 0 Å². The number of halogens is 1. The fraction of sp³-hybridized carbons (Fsp3) is 0.143. The van der Waals surface area contributed by atoms with E-state index in [1.165, 1.54) is 19.2 Å². The number of ether oxygens (including phenoxy) is 1. The molecule has 0 heterocycles. The summed E-state index contributed by atoms with van der Waals surface area (Å²) in [6.45, 7) is 1.77. The third-order valence-corrected chi connectivity index (χ3v) is 4.39. The Bertz CT molecular complexity index is 726. The van der Waals surface area contributed by atoms with Gasteiger partial charge in [0.05, 0.1) is 7.11 Å². The van der Waals surface area contributed by atoms with Crippen molar-refractivity contribution in [2.24, 2.45) is 0 Å². The van der Waals surface area contributed by atoms with Crippen LogP contribution in [0.15, 0.2) is 51.8 Å². The summed E-state index contributed by atoms with van der Waals surface area (Å²) >= 11 is 3.27. The number of aryl methyl sites for hydroxylation is 1. The van der Waals surface area contributed by atoms with Crippen LogP contribution >= 0.6 is 15.9 Å². The first-order valence-electron chi connectivity index (χ1n) is 5.77. The van der Waals surface area contributed by atoms with Gasteiger partial charge in [-0.15, -0.1) is 0 Å². The maximum Gasteiger partial charge on any atom is 0.339 e. The summed E-state index contributed by atoms with van der Waals surface area (Å²) in [4.78, 5) is 0.0933. The summed E-state index contributed by atoms with van der Waals surface area (Å²) in [5.74, 6) is 0.888. The normalized spacial score (nSPS) is 11.2. The molecule has 0 saturated carbocycles. The first-order chi connectivity index (χ1) is 9.42. The van der Waals surface area contributed by atoms with Crippen LogP contribution in [0.4, 0.5) is 0 Å². The number of methoxy groups -OCH3 is 1. The minimum Gasteiger partial charge on any atom is -0.496 e. The molecule has 0 amide bonds. The molecule has 0 aliphatic rings. The van der Waals surface area contributed by atoms with Gasteiger partial charge in [0, 0.05) is 4.47 Å². The molecule has 0 unspecified atom stereocenters. The summed E-state index contributed by atoms with van der Waals surface area (Å²) in [5, 5.41) is 0. The van der Waals surface area contributed by atoms with Gasteiger partial charge in [-0.25, -0.2) is 0 Å². The molecule has 0 spiro atoms. The largest absolute Gasteiger partial charge is 0.496 e. The van der Waals surface area contributed by atoms with E-state index in [0.29, 0.717) is 5.75 Å². The quantitative estimate of drug-likeness (QED) is 0.786. The Morgan fingerprint density at radius 3 is 2.45 bits per heavy atom. The Balaban J connectivity index is 2.33. The lowest BCUT2D eigenvalue weighted by molar-refractivity contribution is 0.411. The lowest BCUT2D eigenvalue weighted by atomic mass is 10.2. The van der Waals surface area contributed by atoms with E-state index in [-0.39, 0.29) is 10.6 Å². The molecule has 0 N–H and O–H groups in total. The molecule has 20 heavy (non-hydrogen) atoms. The van der Waals surface area contributed by atoms with Gasteiger partial charge in [0.25, 0.3) is 0 Å². The summed E-state index contributed by atoms with van der Waals surface area (Å²) < 4.78 is 35.3. The van der Waals surface area contributed by atoms with Gasteiger partial charge in [0.2, 0.25) is 0 Å². The Hall–Kier alpha value is -1.53. The van der Waals surface area contributed by atoms with Crippen LogP contribution in [0.3, 0.4) is 0 Å². The number of hydrogen-bond donors (Lipinski definition) is 0. The van der Waals surface area contributed by atoms with E-state index < -0.39 is 10.1 Å². The number of benzene rings is 2. The van der Waals surface area contributed by atoms with Crippen LogP contribution < -0.4 is 8.92 Å². The monoisotopic (exact) mass is 356 g/mol. The SMILES string of the molecule is COc1ccc(S(=O)(=O)Oc2cccc(Br)c2)cc1C. The predicted molar refractivity (Wildman–Crippen MR) is 79.7 cm³/mol. The van der Waals surface area contributed by atoms with Crippen molar-refractivity contribution in [3.8, 4) is 11.5 Å². The predicted octanol–water partition coefficient (Wildman–Crippen LogP) is 3.53. The van der Waals surface area contributed by atoms with Gasteiger partial charge in [-0.3, -0.25) is 0 Å². The van der Waals surface area contributed by atoms with E-state index in [9.17, 15) is 8.42 Å². The molecule has 6 heteroatoms. The van der Waals surface area contributed by atoms with Crippen molar-refractivity contribution >= 4 is 26.0 Å². The van der Waals surface area contributed by atoms with Gasteiger partial charge < -0.3 is 8.92 Å². The number of hydrogen-bond acceptors (Lipinski definition) is 4. The zero-order chi connectivity index (χ0) is 14.8.